The van der Waals surface area contributed by atoms with E-state index in [0.29, 0.717) is 17.2 Å². The maximum Gasteiger partial charge on any atom is 0.250 e. The third kappa shape index (κ3) is 2.63. The molecule has 4 nitrogen and oxygen atoms in total. The zero-order chi connectivity index (χ0) is 11.6. The summed E-state index contributed by atoms with van der Waals surface area (Å²) in [7, 11) is -3.34. The maximum atomic E-state index is 11.8. The summed E-state index contributed by atoms with van der Waals surface area (Å²) in [5, 5.41) is 10.6. The lowest BCUT2D eigenvalue weighted by Gasteiger charge is -2.13. The normalized spacial score (nSPS) is 18.6. The first-order valence-electron chi connectivity index (χ1n) is 5.22. The zero-order valence-electron chi connectivity index (χ0n) is 8.85. The average Bonchev–Trinajstić information content (AvgIpc) is 2.81. The third-order valence-electron chi connectivity index (χ3n) is 3.00. The molecule has 0 spiro atoms. The van der Waals surface area contributed by atoms with Crippen LogP contribution in [0.3, 0.4) is 0 Å². The second-order valence-electron chi connectivity index (χ2n) is 4.23. The number of hydrogen-bond donors (Lipinski definition) is 2. The van der Waals surface area contributed by atoms with Gasteiger partial charge in [0.05, 0.1) is 0 Å². The summed E-state index contributed by atoms with van der Waals surface area (Å²) in [6.45, 7) is 0.564. The van der Waals surface area contributed by atoms with Gasteiger partial charge in [-0.2, -0.15) is 0 Å². The monoisotopic (exact) mass is 261 g/mol. The summed E-state index contributed by atoms with van der Waals surface area (Å²) in [6.07, 6.45) is 2.68. The Labute approximate surface area is 99.4 Å². The Kier molecular flexibility index (Phi) is 3.34. The Morgan fingerprint density at radius 1 is 1.50 bits per heavy atom. The minimum atomic E-state index is -3.34. The quantitative estimate of drug-likeness (QED) is 0.808. The minimum absolute atomic E-state index is 0.0130. The largest absolute Gasteiger partial charge is 0.396 e. The minimum Gasteiger partial charge on any atom is -0.396 e. The predicted molar refractivity (Wildman–Crippen MR) is 62.9 cm³/mol. The van der Waals surface area contributed by atoms with Gasteiger partial charge in [-0.3, -0.25) is 0 Å². The van der Waals surface area contributed by atoms with E-state index in [1.165, 1.54) is 11.3 Å². The van der Waals surface area contributed by atoms with Crippen LogP contribution in [-0.4, -0.2) is 26.7 Å². The molecular weight excluding hydrogens is 246 g/mol. The van der Waals surface area contributed by atoms with Crippen molar-refractivity contribution in [1.82, 2.24) is 4.72 Å². The highest BCUT2D eigenvalue weighted by molar-refractivity contribution is 7.91. The highest BCUT2D eigenvalue weighted by Gasteiger charge is 2.42. The van der Waals surface area contributed by atoms with Crippen molar-refractivity contribution in [2.24, 2.45) is 5.41 Å². The molecule has 1 fully saturated rings. The van der Waals surface area contributed by atoms with Gasteiger partial charge in [-0.25, -0.2) is 13.1 Å². The SMILES string of the molecule is O=S(=O)(NCC1(CCO)CC1)c1cccs1. The fraction of sp³-hybridized carbons (Fsp3) is 0.600. The van der Waals surface area contributed by atoms with E-state index < -0.39 is 10.0 Å². The van der Waals surface area contributed by atoms with Crippen molar-refractivity contribution in [2.45, 2.75) is 23.5 Å². The molecule has 1 aliphatic carbocycles. The molecule has 0 aliphatic heterocycles. The molecule has 1 aliphatic rings. The number of hydrogen-bond acceptors (Lipinski definition) is 4. The van der Waals surface area contributed by atoms with Crippen molar-refractivity contribution in [1.29, 1.82) is 0 Å². The topological polar surface area (TPSA) is 66.4 Å². The Morgan fingerprint density at radius 2 is 2.25 bits per heavy atom. The summed E-state index contributed by atoms with van der Waals surface area (Å²) in [5.41, 5.74) is 0.0130. The van der Waals surface area contributed by atoms with Crippen molar-refractivity contribution >= 4 is 21.4 Å². The van der Waals surface area contributed by atoms with E-state index in [1.54, 1.807) is 17.5 Å². The molecule has 16 heavy (non-hydrogen) atoms. The molecule has 6 heteroatoms. The lowest BCUT2D eigenvalue weighted by atomic mass is 10.0. The summed E-state index contributed by atoms with van der Waals surface area (Å²) in [5.74, 6) is 0. The van der Waals surface area contributed by atoms with Crippen LogP contribution < -0.4 is 4.72 Å². The molecule has 90 valence electrons. The Bertz CT molecular complexity index is 435. The zero-order valence-corrected chi connectivity index (χ0v) is 10.5. The van der Waals surface area contributed by atoms with Gasteiger partial charge in [0, 0.05) is 13.2 Å². The molecule has 0 aromatic carbocycles. The second kappa shape index (κ2) is 4.44. The van der Waals surface area contributed by atoms with Gasteiger partial charge < -0.3 is 5.11 Å². The molecule has 1 heterocycles. The fourth-order valence-electron chi connectivity index (χ4n) is 1.66. The lowest BCUT2D eigenvalue weighted by molar-refractivity contribution is 0.249. The van der Waals surface area contributed by atoms with E-state index in [0.717, 1.165) is 12.8 Å². The van der Waals surface area contributed by atoms with Gasteiger partial charge in [0.15, 0.2) is 0 Å². The first kappa shape index (κ1) is 12.0. The number of nitrogens with one attached hydrogen (secondary N) is 1. The number of rotatable bonds is 6. The van der Waals surface area contributed by atoms with Gasteiger partial charge in [0.2, 0.25) is 10.0 Å². The predicted octanol–water partition coefficient (Wildman–Crippen LogP) is 1.19. The first-order chi connectivity index (χ1) is 7.58. The second-order valence-corrected chi connectivity index (χ2v) is 7.17. The molecule has 1 saturated carbocycles. The van der Waals surface area contributed by atoms with Crippen LogP contribution >= 0.6 is 11.3 Å². The Morgan fingerprint density at radius 3 is 2.75 bits per heavy atom. The summed E-state index contributed by atoms with van der Waals surface area (Å²) in [6, 6.07) is 3.32. The molecular formula is C10H15NO3S2. The van der Waals surface area contributed by atoms with Gasteiger partial charge in [-0.05, 0) is 36.1 Å². The van der Waals surface area contributed by atoms with Gasteiger partial charge in [-0.15, -0.1) is 11.3 Å². The molecule has 0 saturated heterocycles. The van der Waals surface area contributed by atoms with Crippen LogP contribution in [0, 0.1) is 5.41 Å². The van der Waals surface area contributed by atoms with Crippen LogP contribution in [0.2, 0.25) is 0 Å². The molecule has 0 radical (unpaired) electrons. The summed E-state index contributed by atoms with van der Waals surface area (Å²) in [4.78, 5) is 0. The summed E-state index contributed by atoms with van der Waals surface area (Å²) < 4.78 is 26.6. The highest BCUT2D eigenvalue weighted by Crippen LogP contribution is 2.48. The molecule has 2 N–H and O–H groups in total. The van der Waals surface area contributed by atoms with E-state index in [9.17, 15) is 8.42 Å². The van der Waals surface area contributed by atoms with E-state index >= 15 is 0 Å². The average molecular weight is 261 g/mol. The third-order valence-corrected chi connectivity index (χ3v) is 5.80. The van der Waals surface area contributed by atoms with E-state index in [2.05, 4.69) is 4.72 Å². The lowest BCUT2D eigenvalue weighted by Crippen LogP contribution is -2.30. The standard InChI is InChI=1S/C10H15NO3S2/c12-6-5-10(3-4-10)8-11-16(13,14)9-2-1-7-15-9/h1-2,7,11-12H,3-6,8H2. The molecule has 0 bridgehead atoms. The van der Waals surface area contributed by atoms with Crippen LogP contribution in [0.15, 0.2) is 21.7 Å². The van der Waals surface area contributed by atoms with Crippen LogP contribution in [-0.2, 0) is 10.0 Å². The van der Waals surface area contributed by atoms with Crippen molar-refractivity contribution in [3.8, 4) is 0 Å². The molecule has 2 rings (SSSR count). The molecule has 1 aromatic heterocycles. The van der Waals surface area contributed by atoms with E-state index in [1.807, 2.05) is 0 Å². The number of thiophene rings is 1. The Hall–Kier alpha value is -0.430. The highest BCUT2D eigenvalue weighted by atomic mass is 32.2. The van der Waals surface area contributed by atoms with E-state index in [-0.39, 0.29) is 12.0 Å². The van der Waals surface area contributed by atoms with Crippen molar-refractivity contribution in [3.05, 3.63) is 17.5 Å². The van der Waals surface area contributed by atoms with Gasteiger partial charge >= 0.3 is 0 Å². The number of aliphatic hydroxyl groups is 1. The van der Waals surface area contributed by atoms with Gasteiger partial charge in [0.25, 0.3) is 0 Å². The molecule has 0 unspecified atom stereocenters. The number of aliphatic hydroxyl groups excluding tert-OH is 1. The van der Waals surface area contributed by atoms with Crippen LogP contribution in [0.5, 0.6) is 0 Å². The van der Waals surface area contributed by atoms with Crippen molar-refractivity contribution in [2.75, 3.05) is 13.2 Å². The number of sulfonamides is 1. The van der Waals surface area contributed by atoms with E-state index in [4.69, 9.17) is 5.11 Å². The van der Waals surface area contributed by atoms with Crippen molar-refractivity contribution in [3.63, 3.8) is 0 Å². The Balaban J connectivity index is 1.96. The van der Waals surface area contributed by atoms with Gasteiger partial charge in [-0.1, -0.05) is 6.07 Å². The van der Waals surface area contributed by atoms with Crippen LogP contribution in [0.1, 0.15) is 19.3 Å². The van der Waals surface area contributed by atoms with Crippen molar-refractivity contribution < 1.29 is 13.5 Å². The first-order valence-corrected chi connectivity index (χ1v) is 7.58. The fourth-order valence-corrected chi connectivity index (χ4v) is 3.86. The smallest absolute Gasteiger partial charge is 0.250 e. The molecule has 0 atom stereocenters. The van der Waals surface area contributed by atoms with Gasteiger partial charge in [0.1, 0.15) is 4.21 Å². The van der Waals surface area contributed by atoms with Crippen LogP contribution in [0.4, 0.5) is 0 Å². The molecule has 0 amide bonds. The molecule has 1 aromatic rings. The summed E-state index contributed by atoms with van der Waals surface area (Å²) >= 11 is 1.21. The maximum absolute atomic E-state index is 11.8. The van der Waals surface area contributed by atoms with Crippen LogP contribution in [0.25, 0.3) is 0 Å².